The zero-order chi connectivity index (χ0) is 107. The van der Waals surface area contributed by atoms with Gasteiger partial charge < -0.3 is 30.0 Å². The molecule has 4 N–H and O–H groups in total. The summed E-state index contributed by atoms with van der Waals surface area (Å²) in [7, 11) is 7.94. The predicted octanol–water partition coefficient (Wildman–Crippen LogP) is 35.7. The van der Waals surface area contributed by atoms with E-state index in [1.807, 2.05) is 182 Å². The first-order chi connectivity index (χ1) is 72.4. The molecule has 0 spiro atoms. The lowest BCUT2D eigenvalue weighted by atomic mass is 10.0. The first-order valence-corrected chi connectivity index (χ1v) is 51.9. The zero-order valence-electron chi connectivity index (χ0n) is 88.9. The third-order valence-corrected chi connectivity index (χ3v) is 25.6. The number of hydrogen-bond donors (Lipinski definition) is 4. The van der Waals surface area contributed by atoms with Crippen molar-refractivity contribution in [2.75, 3.05) is 31.4 Å². The van der Waals surface area contributed by atoms with Gasteiger partial charge in [-0.2, -0.15) is 15.3 Å². The molecule has 7 aromatic heterocycles. The predicted molar refractivity (Wildman–Crippen MR) is 638 cm³/mol. The maximum Gasteiger partial charge on any atom is 0.165 e. The average Bonchev–Trinajstić information content (AvgIpc) is 1.56. The minimum atomic E-state index is -0.560. The molecule has 23 rings (SSSR count). The van der Waals surface area contributed by atoms with Crippen LogP contribution in [0.15, 0.2) is 478 Å². The maximum atomic E-state index is 12.6. The van der Waals surface area contributed by atoms with Gasteiger partial charge in [0.05, 0.1) is 36.3 Å². The van der Waals surface area contributed by atoms with E-state index >= 15 is 0 Å². The Labute approximate surface area is 901 Å². The third kappa shape index (κ3) is 41.0. The van der Waals surface area contributed by atoms with Gasteiger partial charge in [0.15, 0.2) is 17.4 Å². The highest BCUT2D eigenvalue weighted by Gasteiger charge is 2.06. The third-order valence-electron chi connectivity index (χ3n) is 23.0. The van der Waals surface area contributed by atoms with Gasteiger partial charge in [0.2, 0.25) is 0 Å². The summed E-state index contributed by atoms with van der Waals surface area (Å²) in [5.74, 6) is -0.841. The van der Waals surface area contributed by atoms with E-state index in [4.69, 9.17) is 10.2 Å². The fraction of sp³-hybridized carbons (Fsp3) is 0.136. The van der Waals surface area contributed by atoms with Gasteiger partial charge in [-0.25, -0.2) is 23.1 Å². The minimum Gasteiger partial charge on any atom is -0.508 e. The van der Waals surface area contributed by atoms with E-state index in [1.165, 1.54) is 177 Å². The molecule has 23 aromatic rings. The number of aryl methyl sites for hydroxylation is 15. The fourth-order valence-corrected chi connectivity index (χ4v) is 16.3. The Morgan fingerprint density at radius 1 is 0.367 bits per heavy atom. The van der Waals surface area contributed by atoms with Crippen LogP contribution in [0, 0.1) is 109 Å². The van der Waals surface area contributed by atoms with Crippen LogP contribution in [0.4, 0.5) is 20.2 Å². The van der Waals surface area contributed by atoms with Gasteiger partial charge in [-0.15, -0.1) is 22.7 Å². The largest absolute Gasteiger partial charge is 0.508 e. The number of fused-ring (bicyclic) bond motifs is 3. The van der Waals surface area contributed by atoms with Crippen molar-refractivity contribution in [3.63, 3.8) is 0 Å². The highest BCUT2D eigenvalue weighted by atomic mass is 79.9. The molecule has 0 aliphatic rings. The number of nitrogens with one attached hydrogen (secondary N) is 2. The molecule has 0 fully saturated rings. The molecule has 150 heavy (non-hydrogen) atoms. The Morgan fingerprint density at radius 2 is 0.800 bits per heavy atom. The normalized spacial score (nSPS) is 9.95. The molecule has 0 unspecified atom stereocenters. The van der Waals surface area contributed by atoms with Crippen molar-refractivity contribution >= 4 is 81.1 Å². The summed E-state index contributed by atoms with van der Waals surface area (Å²) >= 11 is 7.10. The number of benzene rings is 16. The molecule has 0 saturated heterocycles. The van der Waals surface area contributed by atoms with E-state index in [0.29, 0.717) is 5.75 Å². The molecular weight excluding hydrogens is 1950 g/mol. The summed E-state index contributed by atoms with van der Waals surface area (Å²) in [5.41, 5.74) is 30.5. The van der Waals surface area contributed by atoms with Crippen molar-refractivity contribution < 1.29 is 19.0 Å². The number of nitrogens with zero attached hydrogens (tertiary/aromatic N) is 9. The molecule has 0 aliphatic carbocycles. The molecule has 7 heterocycles. The number of thiophene rings is 2. The van der Waals surface area contributed by atoms with Gasteiger partial charge in [-0.05, 0) is 285 Å². The van der Waals surface area contributed by atoms with Gasteiger partial charge in [0.25, 0.3) is 0 Å². The quantitative estimate of drug-likeness (QED) is 0.118. The van der Waals surface area contributed by atoms with Crippen molar-refractivity contribution in [3.8, 4) is 61.9 Å². The lowest BCUT2D eigenvalue weighted by molar-refractivity contribution is 0.432. The number of halogens is 3. The minimum absolute atomic E-state index is 0.291. The van der Waals surface area contributed by atoms with Crippen LogP contribution in [0.2, 0.25) is 0 Å². The number of hydrogen-bond acceptors (Lipinski definition) is 10. The summed E-state index contributed by atoms with van der Waals surface area (Å²) < 4.78 is 36.0. The van der Waals surface area contributed by atoms with Crippen molar-refractivity contribution in [1.82, 2.24) is 43.9 Å². The molecule has 18 heteroatoms. The van der Waals surface area contributed by atoms with E-state index in [-0.39, 0.29) is 11.6 Å². The zero-order valence-corrected chi connectivity index (χ0v) is 92.1. The first kappa shape index (κ1) is 115. The SMILES string of the molecule is CNc1ccc(C)cc1.Cc1c[nH]c2ccccc12.Cc1cc2ccccc2s1.Cc1ccc(-c2ccc(Br)cc2)cc1.Cc1ccc(-c2ccccc2)cc1.Cc1ccc(-c2cnn(C)c2)cc1.Cc1ccc(-n2cc(F)cn2)cc1.Cc1ccc(-n2cccn2)cc1.Cc1ccc(-n2ccnc2)cc1.Cc1ccc(N(C)C)cc1.Cc1ccc(O)c(F)c1.Cc1ccc(O)cc1.Cc1ccccc1.Cc1csc2ccccc12. The molecule has 764 valence electrons. The Bertz CT molecular complexity index is 7370. The maximum absolute atomic E-state index is 12.6. The molecular formula is C132H136BrF2N11O2S2. The van der Waals surface area contributed by atoms with Crippen molar-refractivity contribution in [3.05, 3.63) is 567 Å². The number of aromatic hydroxyl groups is 2. The molecule has 0 saturated carbocycles. The Morgan fingerprint density at radius 3 is 1.23 bits per heavy atom. The van der Waals surface area contributed by atoms with Crippen LogP contribution in [-0.4, -0.2) is 75.2 Å². The van der Waals surface area contributed by atoms with Crippen LogP contribution in [0.5, 0.6) is 11.5 Å². The molecule has 0 radical (unpaired) electrons. The van der Waals surface area contributed by atoms with Gasteiger partial charge in [0.1, 0.15) is 5.75 Å². The average molecular weight is 2090 g/mol. The number of aromatic nitrogens is 9. The van der Waals surface area contributed by atoms with Crippen molar-refractivity contribution in [2.45, 2.75) is 96.9 Å². The molecule has 0 amide bonds. The number of anilines is 2. The Hall–Kier alpha value is -16.6. The Balaban J connectivity index is 0.000000166. The first-order valence-electron chi connectivity index (χ1n) is 49.4. The van der Waals surface area contributed by atoms with E-state index in [0.717, 1.165) is 27.1 Å². The highest BCUT2D eigenvalue weighted by Crippen LogP contribution is 2.29. The summed E-state index contributed by atoms with van der Waals surface area (Å²) in [5, 5.41) is 38.9. The summed E-state index contributed by atoms with van der Waals surface area (Å²) in [6.45, 7) is 28.9. The van der Waals surface area contributed by atoms with Gasteiger partial charge in [0, 0.05) is 118 Å². The van der Waals surface area contributed by atoms with Gasteiger partial charge in [-0.3, -0.25) is 4.68 Å². The fourth-order valence-electron chi connectivity index (χ4n) is 14.2. The number of aromatic amines is 1. The molecule has 0 bridgehead atoms. The molecule has 13 nitrogen and oxygen atoms in total. The molecule has 0 aliphatic heterocycles. The second-order valence-corrected chi connectivity index (χ2v) is 39.1. The highest BCUT2D eigenvalue weighted by molar-refractivity contribution is 9.10. The Kier molecular flexibility index (Phi) is 47.4. The van der Waals surface area contributed by atoms with Crippen LogP contribution in [0.3, 0.4) is 0 Å². The second kappa shape index (κ2) is 61.7. The number of phenolic OH excluding ortho intramolecular Hbond substituents is 2. The topological polar surface area (TPSA) is 143 Å². The number of H-pyrrole nitrogens is 1. The summed E-state index contributed by atoms with van der Waals surface area (Å²) in [6, 6.07) is 137. The van der Waals surface area contributed by atoms with Crippen molar-refractivity contribution in [1.29, 1.82) is 0 Å². The lowest BCUT2D eigenvalue weighted by Crippen LogP contribution is -2.07. The van der Waals surface area contributed by atoms with Crippen LogP contribution < -0.4 is 10.2 Å². The number of rotatable bonds is 8. The standard InChI is InChI=1S/C13H11Br.C13H12.C11H12N2.C10H9FN2.2C10H10N2.C9H9N.C9H13N.2C9H8S.C8H11N.C7H7FO.C7H8O.C7H8/c1-10-2-4-11(5-3-10)12-6-8-13(14)9-7-12;1-11-7-9-13(10-8-11)12-5-3-2-4-6-12;1-9-3-5-10(6-4-9)11-7-12-13(2)8-11;1-8-2-4-10(5-3-8)13-7-9(11)6-12-13;1-9-3-5-10(6-4-9)12-8-2-7-11-12;1-9-2-4-10(5-3-9)12-7-6-11-8-12;1-7-6-10-9-5-3-2-4-8(7)9;1-8-4-6-9(7-5-8)10(2)3;1-7-6-10-9-5-3-2-4-8(7)9;1-7-6-8-4-2-3-5-9(8)10-7;1-7-3-5-8(9-2)6-4-7;1-5-2-3-7(9)6(8)4-5;1-6-2-4-7(8)5-3-6;1-7-5-3-2-4-6-7/h2-9H,1H3;2-10H,1H3;3-8H,1-2H3;2-7H,1H3;2*2-8H,1H3;2-6,10H,1H3;4-7H,1-3H3;2*2-6H,1H3;3-6,9H,1-2H3;2-4,9H,1H3;2-5,8H,1H3;2-6H,1H3. The van der Waals surface area contributed by atoms with Crippen LogP contribution in [0.25, 0.3) is 81.5 Å². The molecule has 16 aromatic carbocycles. The van der Waals surface area contributed by atoms with E-state index in [1.54, 1.807) is 43.8 Å². The summed E-state index contributed by atoms with van der Waals surface area (Å²) in [6.07, 6.45) is 17.7. The van der Waals surface area contributed by atoms with Gasteiger partial charge in [-0.1, -0.05) is 351 Å². The summed E-state index contributed by atoms with van der Waals surface area (Å²) in [4.78, 5) is 10.7. The van der Waals surface area contributed by atoms with Crippen LogP contribution >= 0.6 is 38.6 Å². The van der Waals surface area contributed by atoms with Gasteiger partial charge >= 0.3 is 0 Å². The smallest absolute Gasteiger partial charge is 0.165 e. The van der Waals surface area contributed by atoms with Crippen LogP contribution in [0.1, 0.15) is 77.2 Å². The monoisotopic (exact) mass is 2090 g/mol. The number of phenols is 2. The van der Waals surface area contributed by atoms with Crippen LogP contribution in [-0.2, 0) is 7.05 Å². The lowest BCUT2D eigenvalue weighted by Gasteiger charge is -2.11. The van der Waals surface area contributed by atoms with Crippen molar-refractivity contribution in [2.24, 2.45) is 7.05 Å². The number of para-hydroxylation sites is 1. The molecule has 0 atom stereocenters. The second-order valence-electron chi connectivity index (χ2n) is 36.0. The van der Waals surface area contributed by atoms with E-state index in [9.17, 15) is 8.78 Å². The van der Waals surface area contributed by atoms with E-state index < -0.39 is 5.82 Å². The number of imidazole rings is 1. The van der Waals surface area contributed by atoms with E-state index in [2.05, 4.69) is 436 Å².